The van der Waals surface area contributed by atoms with Gasteiger partial charge in [-0.3, -0.25) is 9.79 Å². The molecule has 0 saturated carbocycles. The van der Waals surface area contributed by atoms with Crippen molar-refractivity contribution in [2.24, 2.45) is 10.7 Å². The number of nitrogens with two attached hydrogens (primary N) is 1. The van der Waals surface area contributed by atoms with Crippen molar-refractivity contribution in [2.75, 3.05) is 25.0 Å². The van der Waals surface area contributed by atoms with Crippen LogP contribution in [0.4, 0.5) is 5.69 Å². The molecule has 0 bridgehead atoms. The molecule has 0 radical (unpaired) electrons. The maximum atomic E-state index is 11.4. The van der Waals surface area contributed by atoms with Crippen LogP contribution < -0.4 is 11.1 Å². The number of guanidine groups is 1. The van der Waals surface area contributed by atoms with Crippen molar-refractivity contribution < 1.29 is 4.79 Å². The van der Waals surface area contributed by atoms with Gasteiger partial charge in [0.1, 0.15) is 0 Å². The number of aliphatic imine (C=N–C) groups is 1. The summed E-state index contributed by atoms with van der Waals surface area (Å²) < 4.78 is 0. The van der Waals surface area contributed by atoms with Gasteiger partial charge in [0.15, 0.2) is 5.96 Å². The third-order valence-corrected chi connectivity index (χ3v) is 3.67. The van der Waals surface area contributed by atoms with Gasteiger partial charge in [0.05, 0.1) is 0 Å². The maximum Gasteiger partial charge on any atom is 0.222 e. The monoisotopic (exact) mass is 288 g/mol. The number of carbonyl (C=O) groups is 1. The van der Waals surface area contributed by atoms with Gasteiger partial charge in [-0.1, -0.05) is 19.1 Å². The van der Waals surface area contributed by atoms with Crippen molar-refractivity contribution in [2.45, 2.75) is 32.6 Å². The Morgan fingerprint density at radius 3 is 2.76 bits per heavy atom. The molecular weight excluding hydrogens is 264 g/mol. The lowest BCUT2D eigenvalue weighted by atomic mass is 10.1. The molecule has 0 aromatic heterocycles. The number of nitrogens with one attached hydrogen (secondary N) is 1. The molecule has 5 nitrogen and oxygen atoms in total. The SMILES string of the molecule is CCc1ccc(NC(N)=NCCCN2CCCC2=O)cc1. The Morgan fingerprint density at radius 2 is 2.14 bits per heavy atom. The summed E-state index contributed by atoms with van der Waals surface area (Å²) in [5.74, 6) is 0.688. The first kappa shape index (κ1) is 15.4. The van der Waals surface area contributed by atoms with Crippen LogP contribution >= 0.6 is 0 Å². The van der Waals surface area contributed by atoms with Crippen LogP contribution in [0, 0.1) is 0 Å². The minimum atomic E-state index is 0.265. The molecule has 1 aliphatic heterocycles. The number of aryl methyl sites for hydroxylation is 1. The Hall–Kier alpha value is -2.04. The topological polar surface area (TPSA) is 70.7 Å². The number of nitrogens with zero attached hydrogens (tertiary/aromatic N) is 2. The molecule has 21 heavy (non-hydrogen) atoms. The normalized spacial score (nSPS) is 15.6. The summed E-state index contributed by atoms with van der Waals surface area (Å²) in [5, 5.41) is 3.08. The zero-order valence-corrected chi connectivity index (χ0v) is 12.6. The van der Waals surface area contributed by atoms with Crippen LogP contribution in [0.1, 0.15) is 31.7 Å². The maximum absolute atomic E-state index is 11.4. The molecule has 1 amide bonds. The van der Waals surface area contributed by atoms with E-state index in [4.69, 9.17) is 5.73 Å². The van der Waals surface area contributed by atoms with Crippen LogP contribution in [0.5, 0.6) is 0 Å². The molecule has 3 N–H and O–H groups in total. The summed E-state index contributed by atoms with van der Waals surface area (Å²) in [6.45, 7) is 4.43. The molecule has 5 heteroatoms. The van der Waals surface area contributed by atoms with Crippen LogP contribution in [0.3, 0.4) is 0 Å². The smallest absolute Gasteiger partial charge is 0.222 e. The van der Waals surface area contributed by atoms with E-state index in [0.717, 1.165) is 38.0 Å². The van der Waals surface area contributed by atoms with Crippen LogP contribution in [-0.2, 0) is 11.2 Å². The van der Waals surface area contributed by atoms with Gasteiger partial charge in [-0.05, 0) is 37.0 Å². The molecule has 1 aromatic rings. The Bertz CT molecular complexity index is 496. The van der Waals surface area contributed by atoms with Gasteiger partial charge in [0.25, 0.3) is 0 Å². The fraction of sp³-hybridized carbons (Fsp3) is 0.500. The van der Waals surface area contributed by atoms with E-state index in [2.05, 4.69) is 29.4 Å². The predicted molar refractivity (Wildman–Crippen MR) is 86.4 cm³/mol. The number of hydrogen-bond acceptors (Lipinski definition) is 2. The summed E-state index contributed by atoms with van der Waals surface area (Å²) in [5.41, 5.74) is 8.10. The molecule has 0 unspecified atom stereocenters. The van der Waals surface area contributed by atoms with Crippen molar-refractivity contribution in [1.82, 2.24) is 4.90 Å². The van der Waals surface area contributed by atoms with Crippen LogP contribution in [0.2, 0.25) is 0 Å². The number of hydrogen-bond donors (Lipinski definition) is 2. The molecular formula is C16H24N4O. The Balaban J connectivity index is 1.71. The van der Waals surface area contributed by atoms with Crippen molar-refractivity contribution >= 4 is 17.6 Å². The first-order valence-corrected chi connectivity index (χ1v) is 7.62. The van der Waals surface area contributed by atoms with E-state index in [1.54, 1.807) is 0 Å². The van der Waals surface area contributed by atoms with Crippen molar-refractivity contribution in [3.05, 3.63) is 29.8 Å². The lowest BCUT2D eigenvalue weighted by Crippen LogP contribution is -2.27. The van der Waals surface area contributed by atoms with Gasteiger partial charge in [0, 0.05) is 31.7 Å². The molecule has 1 aliphatic rings. The van der Waals surface area contributed by atoms with Crippen LogP contribution in [-0.4, -0.2) is 36.4 Å². The minimum absolute atomic E-state index is 0.265. The zero-order valence-electron chi connectivity index (χ0n) is 12.6. The standard InChI is InChI=1S/C16H24N4O/c1-2-13-6-8-14(9-7-13)19-16(17)18-10-4-12-20-11-3-5-15(20)21/h6-9H,2-5,10-12H2,1H3,(H3,17,18,19). The summed E-state index contributed by atoms with van der Waals surface area (Å²) in [7, 11) is 0. The Morgan fingerprint density at radius 1 is 1.38 bits per heavy atom. The fourth-order valence-corrected chi connectivity index (χ4v) is 2.41. The third kappa shape index (κ3) is 4.77. The molecule has 114 valence electrons. The van der Waals surface area contributed by atoms with Crippen molar-refractivity contribution in [1.29, 1.82) is 0 Å². The largest absolute Gasteiger partial charge is 0.370 e. The first-order chi connectivity index (χ1) is 10.2. The average Bonchev–Trinajstić information content (AvgIpc) is 2.90. The summed E-state index contributed by atoms with van der Waals surface area (Å²) in [6, 6.07) is 8.16. The minimum Gasteiger partial charge on any atom is -0.370 e. The van der Waals surface area contributed by atoms with Gasteiger partial charge < -0.3 is 16.0 Å². The quantitative estimate of drug-likeness (QED) is 0.478. The number of carbonyl (C=O) groups excluding carboxylic acids is 1. The third-order valence-electron chi connectivity index (χ3n) is 3.67. The second-order valence-corrected chi connectivity index (χ2v) is 5.28. The van der Waals surface area contributed by atoms with E-state index in [1.165, 1.54) is 5.56 Å². The Labute approximate surface area is 126 Å². The number of anilines is 1. The predicted octanol–water partition coefficient (Wildman–Crippen LogP) is 1.99. The van der Waals surface area contributed by atoms with Crippen molar-refractivity contribution in [3.63, 3.8) is 0 Å². The van der Waals surface area contributed by atoms with E-state index < -0.39 is 0 Å². The van der Waals surface area contributed by atoms with Gasteiger partial charge in [-0.15, -0.1) is 0 Å². The highest BCUT2D eigenvalue weighted by Crippen LogP contribution is 2.10. The average molecular weight is 288 g/mol. The fourth-order valence-electron chi connectivity index (χ4n) is 2.41. The molecule has 1 fully saturated rings. The van der Waals surface area contributed by atoms with Crippen LogP contribution in [0.15, 0.2) is 29.3 Å². The first-order valence-electron chi connectivity index (χ1n) is 7.62. The molecule has 0 spiro atoms. The summed E-state index contributed by atoms with van der Waals surface area (Å²) >= 11 is 0. The van der Waals surface area contributed by atoms with E-state index in [0.29, 0.717) is 18.9 Å². The van der Waals surface area contributed by atoms with Gasteiger partial charge in [0.2, 0.25) is 5.91 Å². The lowest BCUT2D eigenvalue weighted by Gasteiger charge is -2.14. The molecule has 2 rings (SSSR count). The number of likely N-dealkylation sites (tertiary alicyclic amines) is 1. The molecule has 0 aliphatic carbocycles. The highest BCUT2D eigenvalue weighted by Gasteiger charge is 2.18. The van der Waals surface area contributed by atoms with E-state index in [1.807, 2.05) is 17.0 Å². The van der Waals surface area contributed by atoms with Gasteiger partial charge >= 0.3 is 0 Å². The van der Waals surface area contributed by atoms with E-state index in [-0.39, 0.29) is 5.91 Å². The number of rotatable bonds is 6. The molecule has 1 saturated heterocycles. The lowest BCUT2D eigenvalue weighted by molar-refractivity contribution is -0.127. The summed E-state index contributed by atoms with van der Waals surface area (Å²) in [6.07, 6.45) is 3.56. The van der Waals surface area contributed by atoms with Crippen LogP contribution in [0.25, 0.3) is 0 Å². The molecule has 1 aromatic carbocycles. The second kappa shape index (κ2) is 7.67. The second-order valence-electron chi connectivity index (χ2n) is 5.28. The van der Waals surface area contributed by atoms with E-state index in [9.17, 15) is 4.79 Å². The van der Waals surface area contributed by atoms with Gasteiger partial charge in [-0.2, -0.15) is 0 Å². The number of amides is 1. The highest BCUT2D eigenvalue weighted by molar-refractivity contribution is 5.92. The van der Waals surface area contributed by atoms with E-state index >= 15 is 0 Å². The number of benzene rings is 1. The Kier molecular flexibility index (Phi) is 5.60. The van der Waals surface area contributed by atoms with Crippen molar-refractivity contribution in [3.8, 4) is 0 Å². The molecule has 1 heterocycles. The highest BCUT2D eigenvalue weighted by atomic mass is 16.2. The zero-order chi connectivity index (χ0) is 15.1. The van der Waals surface area contributed by atoms with Gasteiger partial charge in [-0.25, -0.2) is 0 Å². The molecule has 0 atom stereocenters. The summed E-state index contributed by atoms with van der Waals surface area (Å²) in [4.78, 5) is 17.6.